The zero-order valence-electron chi connectivity index (χ0n) is 9.19. The molecule has 2 aromatic rings. The van der Waals surface area contributed by atoms with Crippen LogP contribution in [0.25, 0.3) is 11.0 Å². The minimum atomic E-state index is -0.828. The molecule has 1 heterocycles. The van der Waals surface area contributed by atoms with Crippen LogP contribution in [0.15, 0.2) is 18.2 Å². The fourth-order valence-corrected chi connectivity index (χ4v) is 2.64. The van der Waals surface area contributed by atoms with Crippen LogP contribution in [0.3, 0.4) is 0 Å². The Morgan fingerprint density at radius 3 is 3.06 bits per heavy atom. The van der Waals surface area contributed by atoms with Crippen molar-refractivity contribution in [2.45, 2.75) is 19.1 Å². The van der Waals surface area contributed by atoms with Crippen LogP contribution in [-0.2, 0) is 16.6 Å². The van der Waals surface area contributed by atoms with E-state index in [2.05, 4.69) is 9.97 Å². The van der Waals surface area contributed by atoms with E-state index < -0.39 is 10.8 Å². The first-order valence-corrected chi connectivity index (χ1v) is 6.77. The number of aromatic amines is 1. The number of rotatable bonds is 4. The number of nitrogens with zero attached hydrogens (tertiary/aromatic N) is 1. The second-order valence-electron chi connectivity index (χ2n) is 3.75. The molecule has 0 spiro atoms. The van der Waals surface area contributed by atoms with Crippen molar-refractivity contribution in [2.75, 3.05) is 11.5 Å². The molecule has 0 radical (unpaired) electrons. The van der Waals surface area contributed by atoms with Crippen molar-refractivity contribution < 1.29 is 4.21 Å². The lowest BCUT2D eigenvalue weighted by Crippen LogP contribution is -2.01. The number of anilines is 1. The lowest BCUT2D eigenvalue weighted by Gasteiger charge is -1.95. The summed E-state index contributed by atoms with van der Waals surface area (Å²) in [6, 6.07) is 5.53. The second-order valence-corrected chi connectivity index (χ2v) is 5.32. The first-order valence-electron chi connectivity index (χ1n) is 5.28. The molecule has 16 heavy (non-hydrogen) atoms. The smallest absolute Gasteiger partial charge is 0.119 e. The fourth-order valence-electron chi connectivity index (χ4n) is 1.60. The quantitative estimate of drug-likeness (QED) is 0.796. The SMILES string of the molecule is CCCS(=O)Cc1nc2ccc(N)cc2[nH]1. The average molecular weight is 237 g/mol. The van der Waals surface area contributed by atoms with Gasteiger partial charge in [0.15, 0.2) is 0 Å². The fraction of sp³-hybridized carbons (Fsp3) is 0.364. The Labute approximate surface area is 96.7 Å². The molecule has 0 saturated carbocycles. The van der Waals surface area contributed by atoms with Crippen molar-refractivity contribution in [1.82, 2.24) is 9.97 Å². The van der Waals surface area contributed by atoms with Gasteiger partial charge in [-0.3, -0.25) is 4.21 Å². The van der Waals surface area contributed by atoms with Crippen molar-refractivity contribution in [3.8, 4) is 0 Å². The van der Waals surface area contributed by atoms with Gasteiger partial charge < -0.3 is 10.7 Å². The molecule has 4 nitrogen and oxygen atoms in total. The van der Waals surface area contributed by atoms with E-state index >= 15 is 0 Å². The van der Waals surface area contributed by atoms with Crippen LogP contribution in [0.2, 0.25) is 0 Å². The number of benzene rings is 1. The van der Waals surface area contributed by atoms with E-state index in [1.165, 1.54) is 0 Å². The number of imidazole rings is 1. The Morgan fingerprint density at radius 1 is 1.50 bits per heavy atom. The van der Waals surface area contributed by atoms with Crippen molar-refractivity contribution >= 4 is 27.5 Å². The highest BCUT2D eigenvalue weighted by Crippen LogP contribution is 2.15. The highest BCUT2D eigenvalue weighted by molar-refractivity contribution is 7.84. The number of fused-ring (bicyclic) bond motifs is 1. The van der Waals surface area contributed by atoms with Crippen molar-refractivity contribution in [3.63, 3.8) is 0 Å². The Hall–Kier alpha value is -1.36. The molecule has 1 unspecified atom stereocenters. The second kappa shape index (κ2) is 4.65. The standard InChI is InChI=1S/C11H15N3OS/c1-2-5-16(15)7-11-13-9-4-3-8(12)6-10(9)14-11/h3-4,6H,2,5,7,12H2,1H3,(H,13,14). The molecule has 1 atom stereocenters. The van der Waals surface area contributed by atoms with Gasteiger partial charge in [-0.1, -0.05) is 6.92 Å². The van der Waals surface area contributed by atoms with Gasteiger partial charge in [0.05, 0.1) is 16.8 Å². The third-order valence-electron chi connectivity index (χ3n) is 2.28. The monoisotopic (exact) mass is 237 g/mol. The van der Waals surface area contributed by atoms with Gasteiger partial charge in [-0.05, 0) is 24.6 Å². The third kappa shape index (κ3) is 2.41. The van der Waals surface area contributed by atoms with Gasteiger partial charge in [0.1, 0.15) is 5.82 Å². The van der Waals surface area contributed by atoms with Crippen LogP contribution in [-0.4, -0.2) is 19.9 Å². The zero-order chi connectivity index (χ0) is 11.5. The summed E-state index contributed by atoms with van der Waals surface area (Å²) in [7, 11) is -0.828. The van der Waals surface area contributed by atoms with Gasteiger partial charge in [-0.15, -0.1) is 0 Å². The summed E-state index contributed by atoms with van der Waals surface area (Å²) in [5, 5.41) is 0. The van der Waals surface area contributed by atoms with Crippen molar-refractivity contribution in [3.05, 3.63) is 24.0 Å². The van der Waals surface area contributed by atoms with Gasteiger partial charge in [0, 0.05) is 22.2 Å². The average Bonchev–Trinajstić information content (AvgIpc) is 2.59. The highest BCUT2D eigenvalue weighted by atomic mass is 32.2. The number of nitrogens with two attached hydrogens (primary N) is 1. The zero-order valence-corrected chi connectivity index (χ0v) is 10.0. The molecular formula is C11H15N3OS. The lowest BCUT2D eigenvalue weighted by molar-refractivity contribution is 0.680. The molecule has 0 aliphatic rings. The number of nitrogen functional groups attached to an aromatic ring is 1. The molecule has 86 valence electrons. The number of H-pyrrole nitrogens is 1. The summed E-state index contributed by atoms with van der Waals surface area (Å²) in [5.74, 6) is 1.98. The molecule has 0 bridgehead atoms. The predicted molar refractivity (Wildman–Crippen MR) is 67.5 cm³/mol. The predicted octanol–water partition coefficient (Wildman–Crippen LogP) is 1.80. The molecule has 1 aromatic heterocycles. The van der Waals surface area contributed by atoms with E-state index in [4.69, 9.17) is 5.73 Å². The van der Waals surface area contributed by atoms with E-state index in [0.717, 1.165) is 29.0 Å². The van der Waals surface area contributed by atoms with E-state index in [1.54, 1.807) is 0 Å². The Balaban J connectivity index is 2.23. The van der Waals surface area contributed by atoms with Crippen molar-refractivity contribution in [2.24, 2.45) is 0 Å². The number of aromatic nitrogens is 2. The number of hydrogen-bond acceptors (Lipinski definition) is 3. The molecule has 1 aromatic carbocycles. The Bertz CT molecular complexity index is 521. The molecule has 5 heteroatoms. The summed E-state index contributed by atoms with van der Waals surface area (Å²) in [6.07, 6.45) is 0.930. The van der Waals surface area contributed by atoms with Crippen LogP contribution in [0.4, 0.5) is 5.69 Å². The minimum Gasteiger partial charge on any atom is -0.399 e. The van der Waals surface area contributed by atoms with Crippen LogP contribution in [0, 0.1) is 0 Å². The molecule has 2 rings (SSSR count). The van der Waals surface area contributed by atoms with Crippen LogP contribution < -0.4 is 5.73 Å². The minimum absolute atomic E-state index is 0.489. The topological polar surface area (TPSA) is 71.8 Å². The van der Waals surface area contributed by atoms with Crippen LogP contribution in [0.5, 0.6) is 0 Å². The molecule has 0 saturated heterocycles. The first kappa shape index (κ1) is 11.1. The largest absolute Gasteiger partial charge is 0.399 e. The van der Waals surface area contributed by atoms with E-state index in [9.17, 15) is 4.21 Å². The highest BCUT2D eigenvalue weighted by Gasteiger charge is 2.06. The van der Waals surface area contributed by atoms with E-state index in [0.29, 0.717) is 11.4 Å². The molecule has 3 N–H and O–H groups in total. The number of hydrogen-bond donors (Lipinski definition) is 2. The maximum Gasteiger partial charge on any atom is 0.119 e. The summed E-state index contributed by atoms with van der Waals surface area (Å²) in [4.78, 5) is 7.51. The summed E-state index contributed by atoms with van der Waals surface area (Å²) in [5.41, 5.74) is 8.16. The Morgan fingerprint density at radius 2 is 2.31 bits per heavy atom. The molecule has 0 aliphatic heterocycles. The molecule has 0 aliphatic carbocycles. The van der Waals surface area contributed by atoms with Gasteiger partial charge in [0.2, 0.25) is 0 Å². The maximum atomic E-state index is 11.6. The van der Waals surface area contributed by atoms with E-state index in [-0.39, 0.29) is 0 Å². The van der Waals surface area contributed by atoms with Crippen LogP contribution in [0.1, 0.15) is 19.2 Å². The van der Waals surface area contributed by atoms with Gasteiger partial charge in [-0.25, -0.2) is 4.98 Å². The molecular weight excluding hydrogens is 222 g/mol. The lowest BCUT2D eigenvalue weighted by atomic mass is 10.3. The Kier molecular flexibility index (Phi) is 3.24. The van der Waals surface area contributed by atoms with Gasteiger partial charge >= 0.3 is 0 Å². The van der Waals surface area contributed by atoms with Crippen molar-refractivity contribution in [1.29, 1.82) is 0 Å². The molecule has 0 fully saturated rings. The van der Waals surface area contributed by atoms with Gasteiger partial charge in [0.25, 0.3) is 0 Å². The summed E-state index contributed by atoms with van der Waals surface area (Å²) < 4.78 is 11.6. The third-order valence-corrected chi connectivity index (χ3v) is 3.74. The normalized spacial score (nSPS) is 13.1. The first-order chi connectivity index (χ1) is 7.69. The van der Waals surface area contributed by atoms with Crippen LogP contribution >= 0.6 is 0 Å². The molecule has 0 amide bonds. The summed E-state index contributed by atoms with van der Waals surface area (Å²) in [6.45, 7) is 2.03. The summed E-state index contributed by atoms with van der Waals surface area (Å²) >= 11 is 0. The van der Waals surface area contributed by atoms with Gasteiger partial charge in [-0.2, -0.15) is 0 Å². The van der Waals surface area contributed by atoms with E-state index in [1.807, 2.05) is 25.1 Å². The number of nitrogens with one attached hydrogen (secondary N) is 1. The maximum absolute atomic E-state index is 11.6.